The lowest BCUT2D eigenvalue weighted by Gasteiger charge is -2.11. The predicted molar refractivity (Wildman–Crippen MR) is 88.5 cm³/mol. The zero-order valence-electron chi connectivity index (χ0n) is 14.0. The second kappa shape index (κ2) is 7.71. The van der Waals surface area contributed by atoms with Crippen molar-refractivity contribution in [2.45, 2.75) is 33.9 Å². The minimum Gasteiger partial charge on any atom is -0.357 e. The van der Waals surface area contributed by atoms with Crippen LogP contribution in [-0.4, -0.2) is 27.3 Å². The summed E-state index contributed by atoms with van der Waals surface area (Å²) in [6.07, 6.45) is 0. The monoisotopic (exact) mass is 318 g/mol. The van der Waals surface area contributed by atoms with Crippen molar-refractivity contribution in [3.8, 4) is 0 Å². The van der Waals surface area contributed by atoms with E-state index in [1.807, 2.05) is 31.5 Å². The van der Waals surface area contributed by atoms with E-state index in [0.717, 1.165) is 23.8 Å². The molecule has 0 saturated heterocycles. The van der Waals surface area contributed by atoms with Crippen LogP contribution in [0.2, 0.25) is 0 Å². The van der Waals surface area contributed by atoms with Crippen LogP contribution in [-0.2, 0) is 20.1 Å². The fourth-order valence-corrected chi connectivity index (χ4v) is 2.01. The van der Waals surface area contributed by atoms with Crippen molar-refractivity contribution in [1.29, 1.82) is 0 Å². The molecule has 7 heteroatoms. The van der Waals surface area contributed by atoms with Gasteiger partial charge in [-0.3, -0.25) is 0 Å². The summed E-state index contributed by atoms with van der Waals surface area (Å²) in [5, 5.41) is 14.5. The van der Waals surface area contributed by atoms with E-state index in [9.17, 15) is 4.39 Å². The molecule has 2 aromatic rings. The first-order valence-corrected chi connectivity index (χ1v) is 7.63. The number of aryl methyl sites for hydroxylation is 2. The van der Waals surface area contributed by atoms with E-state index in [2.05, 4.69) is 25.8 Å². The number of benzene rings is 1. The number of nitrogens with one attached hydrogen (secondary N) is 2. The van der Waals surface area contributed by atoms with Gasteiger partial charge in [0.1, 0.15) is 11.6 Å². The number of nitrogens with zero attached hydrogens (tertiary/aromatic N) is 4. The van der Waals surface area contributed by atoms with Gasteiger partial charge in [0.05, 0.1) is 13.1 Å². The maximum Gasteiger partial charge on any atom is 0.191 e. The lowest BCUT2D eigenvalue weighted by molar-refractivity contribution is 0.616. The number of aliphatic imine (C=N–C) groups is 1. The van der Waals surface area contributed by atoms with Gasteiger partial charge in [0, 0.05) is 13.6 Å². The quantitative estimate of drug-likeness (QED) is 0.652. The van der Waals surface area contributed by atoms with E-state index in [0.29, 0.717) is 24.6 Å². The maximum atomic E-state index is 13.6. The molecule has 124 valence electrons. The molecule has 23 heavy (non-hydrogen) atoms. The lowest BCUT2D eigenvalue weighted by atomic mass is 10.1. The molecule has 0 unspecified atom stereocenters. The Morgan fingerprint density at radius 1 is 1.26 bits per heavy atom. The molecular formula is C16H23FN6. The highest BCUT2D eigenvalue weighted by Gasteiger charge is 2.06. The van der Waals surface area contributed by atoms with Crippen LogP contribution in [0.5, 0.6) is 0 Å². The van der Waals surface area contributed by atoms with Gasteiger partial charge in [-0.15, -0.1) is 10.2 Å². The number of halogens is 1. The summed E-state index contributed by atoms with van der Waals surface area (Å²) in [6, 6.07) is 5.18. The SMILES string of the molecule is CCNC(=NCc1ccc(C)c(F)c1)NCc1nnc(C)n1C. The van der Waals surface area contributed by atoms with Crippen LogP contribution >= 0.6 is 0 Å². The second-order valence-electron chi connectivity index (χ2n) is 5.35. The summed E-state index contributed by atoms with van der Waals surface area (Å²) >= 11 is 0. The number of guanidine groups is 1. The van der Waals surface area contributed by atoms with E-state index in [-0.39, 0.29) is 5.82 Å². The van der Waals surface area contributed by atoms with Crippen LogP contribution in [0.25, 0.3) is 0 Å². The molecule has 1 heterocycles. The summed E-state index contributed by atoms with van der Waals surface area (Å²) in [5.41, 5.74) is 1.47. The van der Waals surface area contributed by atoms with Crippen LogP contribution in [0.1, 0.15) is 29.7 Å². The maximum absolute atomic E-state index is 13.6. The third-order valence-corrected chi connectivity index (χ3v) is 3.60. The fraction of sp³-hybridized carbons (Fsp3) is 0.438. The van der Waals surface area contributed by atoms with E-state index in [1.54, 1.807) is 13.0 Å². The molecular weight excluding hydrogens is 295 g/mol. The van der Waals surface area contributed by atoms with Crippen molar-refractivity contribution in [1.82, 2.24) is 25.4 Å². The van der Waals surface area contributed by atoms with Gasteiger partial charge in [-0.1, -0.05) is 12.1 Å². The molecule has 0 aliphatic heterocycles. The molecule has 0 aliphatic carbocycles. The van der Waals surface area contributed by atoms with Crippen molar-refractivity contribution in [3.63, 3.8) is 0 Å². The molecule has 0 radical (unpaired) electrons. The first kappa shape index (κ1) is 16.9. The van der Waals surface area contributed by atoms with E-state index < -0.39 is 0 Å². The standard InChI is InChI=1S/C16H23FN6/c1-5-18-16(20-10-15-22-21-12(3)23(15)4)19-9-13-7-6-11(2)14(17)8-13/h6-8H,5,9-10H2,1-4H3,(H2,18,19,20). The average Bonchev–Trinajstić information content (AvgIpc) is 2.85. The summed E-state index contributed by atoms with van der Waals surface area (Å²) in [5.74, 6) is 2.15. The van der Waals surface area contributed by atoms with Crippen molar-refractivity contribution in [2.75, 3.05) is 6.54 Å². The zero-order valence-corrected chi connectivity index (χ0v) is 14.0. The first-order valence-electron chi connectivity index (χ1n) is 7.63. The molecule has 0 fully saturated rings. The Kier molecular flexibility index (Phi) is 5.67. The third-order valence-electron chi connectivity index (χ3n) is 3.60. The number of rotatable bonds is 5. The Balaban J connectivity index is 2.01. The van der Waals surface area contributed by atoms with Gasteiger partial charge < -0.3 is 15.2 Å². The molecule has 2 rings (SSSR count). The Morgan fingerprint density at radius 3 is 2.65 bits per heavy atom. The molecule has 0 atom stereocenters. The molecule has 0 amide bonds. The largest absolute Gasteiger partial charge is 0.357 e. The van der Waals surface area contributed by atoms with Gasteiger partial charge in [0.25, 0.3) is 0 Å². The predicted octanol–water partition coefficient (Wildman–Crippen LogP) is 1.83. The van der Waals surface area contributed by atoms with Crippen LogP contribution in [0.15, 0.2) is 23.2 Å². The minimum absolute atomic E-state index is 0.204. The summed E-state index contributed by atoms with van der Waals surface area (Å²) < 4.78 is 15.5. The summed E-state index contributed by atoms with van der Waals surface area (Å²) in [6.45, 7) is 7.32. The molecule has 1 aromatic heterocycles. The number of hydrogen-bond acceptors (Lipinski definition) is 3. The molecule has 2 N–H and O–H groups in total. The van der Waals surface area contributed by atoms with Crippen LogP contribution in [0, 0.1) is 19.7 Å². The Bertz CT molecular complexity index is 692. The minimum atomic E-state index is -0.204. The van der Waals surface area contributed by atoms with E-state index in [1.165, 1.54) is 6.07 Å². The Hall–Kier alpha value is -2.44. The van der Waals surface area contributed by atoms with Crippen molar-refractivity contribution in [3.05, 3.63) is 46.8 Å². The molecule has 1 aromatic carbocycles. The second-order valence-corrected chi connectivity index (χ2v) is 5.35. The van der Waals surface area contributed by atoms with E-state index >= 15 is 0 Å². The zero-order chi connectivity index (χ0) is 16.8. The van der Waals surface area contributed by atoms with Gasteiger partial charge in [0.15, 0.2) is 11.8 Å². The molecule has 0 spiro atoms. The highest BCUT2D eigenvalue weighted by atomic mass is 19.1. The fourth-order valence-electron chi connectivity index (χ4n) is 2.01. The Morgan fingerprint density at radius 2 is 2.04 bits per heavy atom. The van der Waals surface area contributed by atoms with Crippen molar-refractivity contribution in [2.24, 2.45) is 12.0 Å². The van der Waals surface area contributed by atoms with Crippen LogP contribution in [0.4, 0.5) is 4.39 Å². The average molecular weight is 318 g/mol. The van der Waals surface area contributed by atoms with Crippen LogP contribution in [0.3, 0.4) is 0 Å². The van der Waals surface area contributed by atoms with Gasteiger partial charge in [0.2, 0.25) is 0 Å². The van der Waals surface area contributed by atoms with Gasteiger partial charge in [-0.05, 0) is 38.0 Å². The topological polar surface area (TPSA) is 67.1 Å². The molecule has 6 nitrogen and oxygen atoms in total. The van der Waals surface area contributed by atoms with Crippen LogP contribution < -0.4 is 10.6 Å². The van der Waals surface area contributed by atoms with Gasteiger partial charge in [-0.2, -0.15) is 0 Å². The van der Waals surface area contributed by atoms with Crippen molar-refractivity contribution < 1.29 is 4.39 Å². The van der Waals surface area contributed by atoms with Gasteiger partial charge in [-0.25, -0.2) is 9.38 Å². The lowest BCUT2D eigenvalue weighted by Crippen LogP contribution is -2.37. The molecule has 0 bridgehead atoms. The summed E-state index contributed by atoms with van der Waals surface area (Å²) in [4.78, 5) is 4.48. The smallest absolute Gasteiger partial charge is 0.191 e. The molecule has 0 aliphatic rings. The summed E-state index contributed by atoms with van der Waals surface area (Å²) in [7, 11) is 1.92. The number of aromatic nitrogens is 3. The molecule has 0 saturated carbocycles. The highest BCUT2D eigenvalue weighted by molar-refractivity contribution is 5.79. The first-order chi connectivity index (χ1) is 11.0. The van der Waals surface area contributed by atoms with Crippen molar-refractivity contribution >= 4 is 5.96 Å². The number of hydrogen-bond donors (Lipinski definition) is 2. The normalized spacial score (nSPS) is 11.6. The van der Waals surface area contributed by atoms with Gasteiger partial charge >= 0.3 is 0 Å². The highest BCUT2D eigenvalue weighted by Crippen LogP contribution is 2.10. The Labute approximate surface area is 135 Å². The van der Waals surface area contributed by atoms with E-state index in [4.69, 9.17) is 0 Å². The third kappa shape index (κ3) is 4.51.